The Morgan fingerprint density at radius 3 is 1.96 bits per heavy atom. The number of quaternary nitrogens is 1. The first-order chi connectivity index (χ1) is 10.9. The van der Waals surface area contributed by atoms with Crippen molar-refractivity contribution in [3.8, 4) is 6.07 Å². The van der Waals surface area contributed by atoms with Crippen LogP contribution in [0.15, 0.2) is 12.1 Å². The van der Waals surface area contributed by atoms with Crippen LogP contribution in [0.1, 0.15) is 50.3 Å². The number of anilines is 1. The molecule has 0 aliphatic heterocycles. The Labute approximate surface area is 171 Å². The molecule has 24 heavy (non-hydrogen) atoms. The Morgan fingerprint density at radius 1 is 1.17 bits per heavy atom. The maximum Gasteiger partial charge on any atom is 0.285 e. The van der Waals surface area contributed by atoms with Gasteiger partial charge in [0.05, 0.1) is 31.3 Å². The van der Waals surface area contributed by atoms with Crippen molar-refractivity contribution in [2.75, 3.05) is 25.0 Å². The van der Waals surface area contributed by atoms with Gasteiger partial charge in [-0.1, -0.05) is 0 Å². The van der Waals surface area contributed by atoms with Gasteiger partial charge in [-0.05, 0) is 57.9 Å². The molecular formula is C19H28N3OY+. The number of likely N-dealkylation sites (N-methyl/N-ethyl adjacent to an activating group) is 1. The van der Waals surface area contributed by atoms with Gasteiger partial charge in [0.15, 0.2) is 5.54 Å². The Hall–Kier alpha value is -0.756. The molecule has 1 fully saturated rings. The molecule has 0 saturated heterocycles. The number of hydrogen-bond donors (Lipinski definition) is 1. The maximum atomic E-state index is 13.1. The number of nitrogens with zero attached hydrogens (tertiary/aromatic N) is 2. The van der Waals surface area contributed by atoms with Gasteiger partial charge in [0, 0.05) is 51.2 Å². The first-order valence-corrected chi connectivity index (χ1v) is 8.58. The molecule has 1 amide bonds. The predicted molar refractivity (Wildman–Crippen MR) is 93.1 cm³/mol. The minimum absolute atomic E-state index is 0. The van der Waals surface area contributed by atoms with Crippen molar-refractivity contribution < 1.29 is 42.0 Å². The smallest absolute Gasteiger partial charge is 0.285 e. The number of nitriles is 1. The molecule has 127 valence electrons. The number of amides is 1. The Kier molecular flexibility index (Phi) is 7.17. The van der Waals surface area contributed by atoms with E-state index in [2.05, 4.69) is 32.2 Å². The summed E-state index contributed by atoms with van der Waals surface area (Å²) in [7, 11) is 0. The SMILES string of the molecule is CC[N+](CC)(CC)C1(C(=O)Nc2c(C)cc(C#N)cc2C)CC1.[Y]. The molecule has 0 bridgehead atoms. The number of carbonyl (C=O) groups is 1. The molecule has 1 aromatic rings. The summed E-state index contributed by atoms with van der Waals surface area (Å²) in [4.78, 5) is 13.1. The van der Waals surface area contributed by atoms with E-state index in [0.717, 1.165) is 53.8 Å². The number of nitrogens with one attached hydrogen (secondary N) is 1. The average molecular weight is 403 g/mol. The third-order valence-corrected chi connectivity index (χ3v) is 5.77. The van der Waals surface area contributed by atoms with Crippen LogP contribution in [0.2, 0.25) is 0 Å². The van der Waals surface area contributed by atoms with E-state index in [0.29, 0.717) is 5.56 Å². The molecule has 4 nitrogen and oxygen atoms in total. The summed E-state index contributed by atoms with van der Waals surface area (Å²) in [6.07, 6.45) is 1.92. The summed E-state index contributed by atoms with van der Waals surface area (Å²) in [5, 5.41) is 12.2. The second kappa shape index (κ2) is 8.08. The molecule has 1 aliphatic carbocycles. The third-order valence-electron chi connectivity index (χ3n) is 5.77. The van der Waals surface area contributed by atoms with Crippen molar-refractivity contribution in [2.24, 2.45) is 0 Å². The zero-order valence-corrected chi connectivity index (χ0v) is 18.4. The van der Waals surface area contributed by atoms with Crippen LogP contribution in [0.3, 0.4) is 0 Å². The number of hydrogen-bond acceptors (Lipinski definition) is 2. The van der Waals surface area contributed by atoms with E-state index in [1.54, 1.807) is 0 Å². The first-order valence-electron chi connectivity index (χ1n) is 8.58. The number of benzene rings is 1. The molecule has 5 heteroatoms. The molecule has 1 aromatic carbocycles. The van der Waals surface area contributed by atoms with Crippen molar-refractivity contribution in [2.45, 2.75) is 53.0 Å². The van der Waals surface area contributed by atoms with Crippen molar-refractivity contribution in [1.29, 1.82) is 5.26 Å². The van der Waals surface area contributed by atoms with Gasteiger partial charge in [-0.3, -0.25) is 4.79 Å². The van der Waals surface area contributed by atoms with Gasteiger partial charge < -0.3 is 9.80 Å². The van der Waals surface area contributed by atoms with Gasteiger partial charge >= 0.3 is 0 Å². The number of rotatable bonds is 6. The van der Waals surface area contributed by atoms with Crippen molar-refractivity contribution in [3.63, 3.8) is 0 Å². The fourth-order valence-corrected chi connectivity index (χ4v) is 4.07. The molecule has 1 aliphatic rings. The van der Waals surface area contributed by atoms with E-state index in [1.165, 1.54) is 0 Å². The van der Waals surface area contributed by atoms with E-state index in [4.69, 9.17) is 5.26 Å². The minimum Gasteiger partial charge on any atom is -0.320 e. The van der Waals surface area contributed by atoms with Gasteiger partial charge in [0.1, 0.15) is 0 Å². The van der Waals surface area contributed by atoms with Crippen LogP contribution < -0.4 is 5.32 Å². The molecule has 1 radical (unpaired) electrons. The monoisotopic (exact) mass is 403 g/mol. The Bertz CT molecular complexity index is 624. The predicted octanol–water partition coefficient (Wildman–Crippen LogP) is 3.52. The van der Waals surface area contributed by atoms with Crippen molar-refractivity contribution in [3.05, 3.63) is 28.8 Å². The molecule has 0 unspecified atom stereocenters. The van der Waals surface area contributed by atoms with E-state index in [9.17, 15) is 4.79 Å². The Balaban J connectivity index is 0.00000288. The van der Waals surface area contributed by atoms with Crippen LogP contribution in [-0.2, 0) is 37.5 Å². The number of aryl methyl sites for hydroxylation is 2. The minimum atomic E-state index is -0.273. The number of carbonyl (C=O) groups excluding carboxylic acids is 1. The van der Waals surface area contributed by atoms with Gasteiger partial charge in [-0.25, -0.2) is 0 Å². The molecular weight excluding hydrogens is 375 g/mol. The third kappa shape index (κ3) is 3.45. The summed E-state index contributed by atoms with van der Waals surface area (Å²) in [6, 6.07) is 5.84. The van der Waals surface area contributed by atoms with Crippen LogP contribution in [0.5, 0.6) is 0 Å². The summed E-state index contributed by atoms with van der Waals surface area (Å²) in [5.41, 5.74) is 3.13. The van der Waals surface area contributed by atoms with E-state index < -0.39 is 0 Å². The van der Waals surface area contributed by atoms with Crippen molar-refractivity contribution >= 4 is 11.6 Å². The summed E-state index contributed by atoms with van der Waals surface area (Å²) < 4.78 is 0.854. The van der Waals surface area contributed by atoms with Gasteiger partial charge in [0.25, 0.3) is 5.91 Å². The fraction of sp³-hybridized carbons (Fsp3) is 0.579. The van der Waals surface area contributed by atoms with E-state index in [1.807, 2.05) is 26.0 Å². The molecule has 1 saturated carbocycles. The quantitative estimate of drug-likeness (QED) is 0.739. The Morgan fingerprint density at radius 2 is 1.62 bits per heavy atom. The summed E-state index contributed by atoms with van der Waals surface area (Å²) in [5.74, 6) is 0.138. The topological polar surface area (TPSA) is 52.9 Å². The second-order valence-electron chi connectivity index (χ2n) is 6.68. The van der Waals surface area contributed by atoms with Crippen LogP contribution in [0.4, 0.5) is 5.69 Å². The van der Waals surface area contributed by atoms with Crippen LogP contribution in [0.25, 0.3) is 0 Å². The van der Waals surface area contributed by atoms with E-state index in [-0.39, 0.29) is 44.2 Å². The molecule has 0 spiro atoms. The molecule has 0 aromatic heterocycles. The first kappa shape index (κ1) is 21.3. The van der Waals surface area contributed by atoms with E-state index >= 15 is 0 Å². The molecule has 0 atom stereocenters. The zero-order valence-electron chi connectivity index (χ0n) is 15.6. The van der Waals surface area contributed by atoms with Crippen LogP contribution in [0, 0.1) is 25.2 Å². The van der Waals surface area contributed by atoms with Gasteiger partial charge in [-0.15, -0.1) is 0 Å². The van der Waals surface area contributed by atoms with Crippen molar-refractivity contribution in [1.82, 2.24) is 0 Å². The van der Waals surface area contributed by atoms with Gasteiger partial charge in [0.2, 0.25) is 0 Å². The standard InChI is InChI=1S/C19H27N3O.Y/c1-6-22(7-2,8-3)19(9-10-19)18(23)21-17-14(4)11-16(13-20)12-15(17)5;/h11-12H,6-10H2,1-5H3;/p+1. The van der Waals surface area contributed by atoms with Crippen LogP contribution >= 0.6 is 0 Å². The average Bonchev–Trinajstić information content (AvgIpc) is 3.35. The van der Waals surface area contributed by atoms with Gasteiger partial charge in [-0.2, -0.15) is 5.26 Å². The zero-order chi connectivity index (χ0) is 17.3. The largest absolute Gasteiger partial charge is 0.320 e. The maximum absolute atomic E-state index is 13.1. The second-order valence-corrected chi connectivity index (χ2v) is 6.68. The molecule has 1 N–H and O–H groups in total. The summed E-state index contributed by atoms with van der Waals surface area (Å²) in [6.45, 7) is 13.4. The molecule has 0 heterocycles. The molecule has 2 rings (SSSR count). The fourth-order valence-electron chi connectivity index (χ4n) is 4.07. The summed E-state index contributed by atoms with van der Waals surface area (Å²) >= 11 is 0. The normalized spacial score (nSPS) is 15.2. The van der Waals surface area contributed by atoms with Crippen LogP contribution in [-0.4, -0.2) is 35.6 Å².